The topological polar surface area (TPSA) is 98.0 Å². The number of aromatic nitrogens is 4. The number of hydrogen-bond donors (Lipinski definition) is 0. The molecule has 8 heteroatoms. The van der Waals surface area contributed by atoms with E-state index in [1.807, 2.05) is 24.3 Å². The summed E-state index contributed by atoms with van der Waals surface area (Å²) in [5.74, 6) is -0.360. The number of fused-ring (bicyclic) bond motifs is 1. The number of tetrazole rings is 1. The Balaban J connectivity index is 1.33. The average molecular weight is 417 g/mol. The number of rotatable bonds is 9. The van der Waals surface area contributed by atoms with Crippen molar-refractivity contribution in [3.05, 3.63) is 76.6 Å². The Morgan fingerprint density at radius 3 is 2.26 bits per heavy atom. The lowest BCUT2D eigenvalue weighted by Gasteiger charge is -2.11. The Morgan fingerprint density at radius 1 is 0.935 bits per heavy atom. The van der Waals surface area contributed by atoms with Gasteiger partial charge in [-0.15, -0.1) is 10.2 Å². The van der Waals surface area contributed by atoms with E-state index in [1.54, 1.807) is 24.3 Å². The maximum atomic E-state index is 12.5. The van der Waals surface area contributed by atoms with Crippen LogP contribution in [-0.2, 0) is 19.4 Å². The van der Waals surface area contributed by atoms with Crippen molar-refractivity contribution in [2.24, 2.45) is 0 Å². The Hall–Kier alpha value is -3.68. The van der Waals surface area contributed by atoms with Crippen molar-refractivity contribution >= 4 is 17.6 Å². The third kappa shape index (κ3) is 4.42. The Bertz CT molecular complexity index is 1090. The molecule has 0 aliphatic carbocycles. The zero-order valence-corrected chi connectivity index (χ0v) is 17.3. The highest BCUT2D eigenvalue weighted by Crippen LogP contribution is 2.22. The molecule has 1 aliphatic heterocycles. The second-order valence-corrected chi connectivity index (χ2v) is 7.52. The number of aryl methyl sites for hydroxylation is 1. The summed E-state index contributed by atoms with van der Waals surface area (Å²) in [6.45, 7) is 2.29. The zero-order chi connectivity index (χ0) is 21.8. The van der Waals surface area contributed by atoms with Crippen molar-refractivity contribution in [2.75, 3.05) is 6.54 Å². The second-order valence-electron chi connectivity index (χ2n) is 7.52. The van der Waals surface area contributed by atoms with Crippen molar-refractivity contribution in [3.8, 4) is 0 Å². The van der Waals surface area contributed by atoms with Crippen molar-refractivity contribution in [1.29, 1.82) is 0 Å². The predicted molar refractivity (Wildman–Crippen MR) is 113 cm³/mol. The van der Waals surface area contributed by atoms with Crippen LogP contribution in [0, 0.1) is 0 Å². The minimum absolute atomic E-state index is 0.0195. The number of hydrogen-bond acceptors (Lipinski definition) is 6. The van der Waals surface area contributed by atoms with E-state index in [0.717, 1.165) is 19.3 Å². The van der Waals surface area contributed by atoms with Gasteiger partial charge in [-0.2, -0.15) is 4.80 Å². The number of nitrogens with zero attached hydrogens (tertiary/aromatic N) is 5. The summed E-state index contributed by atoms with van der Waals surface area (Å²) < 4.78 is 0. The van der Waals surface area contributed by atoms with Gasteiger partial charge in [0, 0.05) is 18.5 Å². The first-order chi connectivity index (χ1) is 15.1. The summed E-state index contributed by atoms with van der Waals surface area (Å²) in [6, 6.07) is 14.4. The van der Waals surface area contributed by atoms with Gasteiger partial charge < -0.3 is 0 Å². The molecular formula is C23H23N5O3. The smallest absolute Gasteiger partial charge is 0.261 e. The first kappa shape index (κ1) is 20.6. The largest absolute Gasteiger partial charge is 0.292 e. The van der Waals surface area contributed by atoms with E-state index >= 15 is 0 Å². The third-order valence-electron chi connectivity index (χ3n) is 5.31. The van der Waals surface area contributed by atoms with Gasteiger partial charge in [-0.05, 0) is 35.8 Å². The van der Waals surface area contributed by atoms with E-state index in [1.165, 1.54) is 15.3 Å². The molecule has 0 spiro atoms. The molecule has 31 heavy (non-hydrogen) atoms. The number of imide groups is 1. The molecule has 0 saturated heterocycles. The summed E-state index contributed by atoms with van der Waals surface area (Å²) in [4.78, 5) is 39.8. The summed E-state index contributed by atoms with van der Waals surface area (Å²) >= 11 is 0. The van der Waals surface area contributed by atoms with Crippen molar-refractivity contribution in [2.45, 2.75) is 39.2 Å². The van der Waals surface area contributed by atoms with Crippen LogP contribution in [0.1, 0.15) is 62.2 Å². The van der Waals surface area contributed by atoms with Gasteiger partial charge in [0.25, 0.3) is 11.8 Å². The molecule has 0 bridgehead atoms. The molecule has 2 heterocycles. The van der Waals surface area contributed by atoms with Crippen LogP contribution in [0.5, 0.6) is 0 Å². The monoisotopic (exact) mass is 417 g/mol. The highest BCUT2D eigenvalue weighted by atomic mass is 16.2. The molecule has 8 nitrogen and oxygen atoms in total. The second kappa shape index (κ2) is 8.99. The minimum atomic E-state index is -0.314. The fraction of sp³-hybridized carbons (Fsp3) is 0.304. The lowest BCUT2D eigenvalue weighted by Crippen LogP contribution is -2.32. The van der Waals surface area contributed by atoms with Crippen molar-refractivity contribution in [1.82, 2.24) is 25.1 Å². The highest BCUT2D eigenvalue weighted by Gasteiger charge is 2.34. The van der Waals surface area contributed by atoms with Gasteiger partial charge in [0.15, 0.2) is 11.6 Å². The van der Waals surface area contributed by atoms with Crippen LogP contribution in [0.2, 0.25) is 0 Å². The molecular weight excluding hydrogens is 394 g/mol. The van der Waals surface area contributed by atoms with Gasteiger partial charge >= 0.3 is 0 Å². The molecule has 2 amide bonds. The molecule has 0 unspecified atom stereocenters. The lowest BCUT2D eigenvalue weighted by molar-refractivity contribution is 0.0655. The molecule has 158 valence electrons. The van der Waals surface area contributed by atoms with Gasteiger partial charge in [0.1, 0.15) is 6.54 Å². The molecule has 0 saturated carbocycles. The van der Waals surface area contributed by atoms with Crippen molar-refractivity contribution in [3.63, 3.8) is 0 Å². The van der Waals surface area contributed by atoms with Gasteiger partial charge in [0.2, 0.25) is 0 Å². The first-order valence-corrected chi connectivity index (χ1v) is 10.4. The van der Waals surface area contributed by atoms with Gasteiger partial charge in [-0.3, -0.25) is 19.3 Å². The third-order valence-corrected chi connectivity index (χ3v) is 5.31. The van der Waals surface area contributed by atoms with Crippen molar-refractivity contribution < 1.29 is 14.4 Å². The van der Waals surface area contributed by atoms with E-state index in [9.17, 15) is 14.4 Å². The molecule has 2 aromatic carbocycles. The van der Waals surface area contributed by atoms with Crippen LogP contribution in [0.25, 0.3) is 0 Å². The van der Waals surface area contributed by atoms with Gasteiger partial charge in [-0.25, -0.2) is 0 Å². The number of unbranched alkanes of at least 4 members (excludes halogenated alkanes) is 1. The van der Waals surface area contributed by atoms with E-state index in [4.69, 9.17) is 0 Å². The SMILES string of the molecule is CCCCc1ccc(C(=O)Cn2nnc(CCN3C(=O)c4ccccc4C3=O)n2)cc1. The van der Waals surface area contributed by atoms with Gasteiger partial charge in [-0.1, -0.05) is 49.7 Å². The molecule has 0 radical (unpaired) electrons. The van der Waals surface area contributed by atoms with Crippen LogP contribution in [-0.4, -0.2) is 49.2 Å². The van der Waals surface area contributed by atoms with Crippen LogP contribution in [0.15, 0.2) is 48.5 Å². The molecule has 0 fully saturated rings. The number of carbonyl (C=O) groups is 3. The van der Waals surface area contributed by atoms with E-state index < -0.39 is 0 Å². The number of benzene rings is 2. The first-order valence-electron chi connectivity index (χ1n) is 10.4. The van der Waals surface area contributed by atoms with Gasteiger partial charge in [0.05, 0.1) is 11.1 Å². The van der Waals surface area contributed by atoms with Crippen LogP contribution < -0.4 is 0 Å². The quantitative estimate of drug-likeness (QED) is 0.392. The lowest BCUT2D eigenvalue weighted by atomic mass is 10.0. The fourth-order valence-corrected chi connectivity index (χ4v) is 3.56. The summed E-state index contributed by atoms with van der Waals surface area (Å²) in [5, 5.41) is 12.1. The van der Waals surface area contributed by atoms with Crippen LogP contribution >= 0.6 is 0 Å². The minimum Gasteiger partial charge on any atom is -0.292 e. The number of carbonyl (C=O) groups excluding carboxylic acids is 3. The van der Waals surface area contributed by atoms with E-state index in [-0.39, 0.29) is 37.1 Å². The Labute approximate surface area is 179 Å². The predicted octanol–water partition coefficient (Wildman–Crippen LogP) is 2.74. The Morgan fingerprint density at radius 2 is 1.61 bits per heavy atom. The normalized spacial score (nSPS) is 13.0. The van der Waals surface area contributed by atoms with Crippen LogP contribution in [0.4, 0.5) is 0 Å². The number of Topliss-reactive ketones (excluding diaryl/α,β-unsaturated/α-hetero) is 1. The zero-order valence-electron chi connectivity index (χ0n) is 17.3. The number of ketones is 1. The highest BCUT2D eigenvalue weighted by molar-refractivity contribution is 6.21. The molecule has 0 atom stereocenters. The number of amides is 2. The van der Waals surface area contributed by atoms with E-state index in [0.29, 0.717) is 22.5 Å². The standard InChI is InChI=1S/C23H23N5O3/c1-2-3-6-16-9-11-17(12-10-16)20(29)15-28-25-21(24-26-28)13-14-27-22(30)18-7-4-5-8-19(18)23(27)31/h4-5,7-12H,2-3,6,13-15H2,1H3. The molecule has 1 aliphatic rings. The summed E-state index contributed by atoms with van der Waals surface area (Å²) in [6.07, 6.45) is 3.53. The molecule has 3 aromatic rings. The molecule has 4 rings (SSSR count). The average Bonchev–Trinajstić information content (AvgIpc) is 3.33. The van der Waals surface area contributed by atoms with Crippen LogP contribution in [0.3, 0.4) is 0 Å². The molecule has 0 N–H and O–H groups in total. The maximum absolute atomic E-state index is 12.5. The summed E-state index contributed by atoms with van der Waals surface area (Å²) in [5.41, 5.74) is 2.64. The Kier molecular flexibility index (Phi) is 5.97. The summed E-state index contributed by atoms with van der Waals surface area (Å²) in [7, 11) is 0. The van der Waals surface area contributed by atoms with E-state index in [2.05, 4.69) is 22.3 Å². The maximum Gasteiger partial charge on any atom is 0.261 e. The molecule has 1 aromatic heterocycles. The fourth-order valence-electron chi connectivity index (χ4n) is 3.56.